The SMILES string of the molecule is CCCOCCN1C(=O)C2C(c3ccccc3C#N)NC(CO)(C(=O)O)C2C1=O. The number of hydrogen-bond donors (Lipinski definition) is 3. The zero-order chi connectivity index (χ0) is 21.2. The number of carboxylic acid groups (broad SMARTS) is 1. The molecule has 2 heterocycles. The Labute approximate surface area is 167 Å². The van der Waals surface area contributed by atoms with Gasteiger partial charge in [0.1, 0.15) is 0 Å². The topological polar surface area (TPSA) is 140 Å². The smallest absolute Gasteiger partial charge is 0.327 e. The van der Waals surface area contributed by atoms with Crippen LogP contribution in [0.1, 0.15) is 30.5 Å². The van der Waals surface area contributed by atoms with Crippen LogP contribution in [-0.4, -0.2) is 64.8 Å². The molecule has 4 atom stereocenters. The van der Waals surface area contributed by atoms with Crippen LogP contribution in [0, 0.1) is 23.2 Å². The van der Waals surface area contributed by atoms with E-state index >= 15 is 0 Å². The van der Waals surface area contributed by atoms with Gasteiger partial charge in [-0.05, 0) is 18.1 Å². The number of amides is 2. The van der Waals surface area contributed by atoms with Crippen LogP contribution in [0.4, 0.5) is 0 Å². The number of carbonyl (C=O) groups excluding carboxylic acids is 2. The highest BCUT2D eigenvalue weighted by atomic mass is 16.5. The zero-order valence-electron chi connectivity index (χ0n) is 16.0. The molecule has 1 aromatic carbocycles. The third-order valence-electron chi connectivity index (χ3n) is 5.60. The van der Waals surface area contributed by atoms with Crippen molar-refractivity contribution in [3.63, 3.8) is 0 Å². The first-order valence-electron chi connectivity index (χ1n) is 9.46. The maximum absolute atomic E-state index is 13.1. The van der Waals surface area contributed by atoms with Gasteiger partial charge in [0.25, 0.3) is 0 Å². The lowest BCUT2D eigenvalue weighted by Gasteiger charge is -2.29. The molecule has 0 aromatic heterocycles. The van der Waals surface area contributed by atoms with E-state index in [2.05, 4.69) is 5.32 Å². The van der Waals surface area contributed by atoms with Crippen molar-refractivity contribution in [1.82, 2.24) is 10.2 Å². The quantitative estimate of drug-likeness (QED) is 0.410. The van der Waals surface area contributed by atoms with Gasteiger partial charge in [0.15, 0.2) is 5.54 Å². The number of hydrogen-bond acceptors (Lipinski definition) is 7. The van der Waals surface area contributed by atoms with Crippen molar-refractivity contribution < 1.29 is 29.3 Å². The average molecular weight is 401 g/mol. The number of rotatable bonds is 8. The number of aliphatic carboxylic acids is 1. The third-order valence-corrected chi connectivity index (χ3v) is 5.60. The zero-order valence-corrected chi connectivity index (χ0v) is 16.0. The second-order valence-corrected chi connectivity index (χ2v) is 7.20. The summed E-state index contributed by atoms with van der Waals surface area (Å²) in [5.74, 6) is -4.91. The maximum Gasteiger partial charge on any atom is 0.327 e. The number of aliphatic hydroxyl groups is 1. The molecule has 0 radical (unpaired) electrons. The lowest BCUT2D eigenvalue weighted by atomic mass is 9.79. The van der Waals surface area contributed by atoms with Crippen LogP contribution in [0.15, 0.2) is 24.3 Å². The lowest BCUT2D eigenvalue weighted by Crippen LogP contribution is -2.58. The summed E-state index contributed by atoms with van der Waals surface area (Å²) in [5.41, 5.74) is -1.32. The number of nitrogens with one attached hydrogen (secondary N) is 1. The highest BCUT2D eigenvalue weighted by Gasteiger charge is 2.68. The van der Waals surface area contributed by atoms with Crippen molar-refractivity contribution in [2.75, 3.05) is 26.4 Å². The van der Waals surface area contributed by atoms with Crippen LogP contribution in [0.25, 0.3) is 0 Å². The van der Waals surface area contributed by atoms with E-state index < -0.39 is 47.8 Å². The van der Waals surface area contributed by atoms with Crippen LogP contribution < -0.4 is 5.32 Å². The summed E-state index contributed by atoms with van der Waals surface area (Å²) in [7, 11) is 0. The Bertz CT molecular complexity index is 866. The van der Waals surface area contributed by atoms with Crippen LogP contribution in [0.2, 0.25) is 0 Å². The molecule has 2 fully saturated rings. The Balaban J connectivity index is 2.02. The molecule has 0 saturated carbocycles. The summed E-state index contributed by atoms with van der Waals surface area (Å²) in [4.78, 5) is 39.3. The van der Waals surface area contributed by atoms with E-state index in [-0.39, 0.29) is 18.7 Å². The molecule has 1 aromatic rings. The predicted molar refractivity (Wildman–Crippen MR) is 99.3 cm³/mol. The number of nitriles is 1. The molecule has 2 saturated heterocycles. The van der Waals surface area contributed by atoms with Crippen molar-refractivity contribution in [3.05, 3.63) is 35.4 Å². The minimum atomic E-state index is -2.01. The fraction of sp³-hybridized carbons (Fsp3) is 0.500. The minimum absolute atomic E-state index is 0.0123. The predicted octanol–water partition coefficient (Wildman–Crippen LogP) is 0.0461. The third kappa shape index (κ3) is 3.29. The van der Waals surface area contributed by atoms with Gasteiger partial charge in [-0.25, -0.2) is 0 Å². The molecule has 2 aliphatic rings. The summed E-state index contributed by atoms with van der Waals surface area (Å²) in [6.07, 6.45) is 0.788. The van der Waals surface area contributed by atoms with Gasteiger partial charge < -0.3 is 14.9 Å². The Hall–Kier alpha value is -2.80. The van der Waals surface area contributed by atoms with Crippen LogP contribution >= 0.6 is 0 Å². The van der Waals surface area contributed by atoms with E-state index in [1.165, 1.54) is 0 Å². The van der Waals surface area contributed by atoms with Crippen LogP contribution in [0.3, 0.4) is 0 Å². The van der Waals surface area contributed by atoms with Gasteiger partial charge in [0.2, 0.25) is 11.8 Å². The molecule has 29 heavy (non-hydrogen) atoms. The van der Waals surface area contributed by atoms with Crippen molar-refractivity contribution in [2.45, 2.75) is 24.9 Å². The molecular formula is C20H23N3O6. The van der Waals surface area contributed by atoms with Crippen molar-refractivity contribution in [2.24, 2.45) is 11.8 Å². The van der Waals surface area contributed by atoms with E-state index in [1.54, 1.807) is 24.3 Å². The van der Waals surface area contributed by atoms with E-state index in [4.69, 9.17) is 4.74 Å². The summed E-state index contributed by atoms with van der Waals surface area (Å²) in [6, 6.07) is 7.65. The molecular weight excluding hydrogens is 378 g/mol. The molecule has 0 aliphatic carbocycles. The number of fused-ring (bicyclic) bond motifs is 1. The first-order chi connectivity index (χ1) is 13.9. The molecule has 9 nitrogen and oxygen atoms in total. The van der Waals surface area contributed by atoms with Gasteiger partial charge in [0.05, 0.1) is 43.2 Å². The minimum Gasteiger partial charge on any atom is -0.480 e. The standard InChI is InChI=1S/C20H23N3O6/c1-2-8-29-9-7-23-17(25)14-15(18(23)26)20(11-24,19(27)28)22-16(14)13-6-4-3-5-12(13)10-21/h3-6,14-16,22,24H,2,7-9,11H2,1H3,(H,27,28). The van der Waals surface area contributed by atoms with E-state index in [9.17, 15) is 29.9 Å². The largest absolute Gasteiger partial charge is 0.480 e. The second-order valence-electron chi connectivity index (χ2n) is 7.20. The van der Waals surface area contributed by atoms with Crippen molar-refractivity contribution in [1.29, 1.82) is 5.26 Å². The van der Waals surface area contributed by atoms with Gasteiger partial charge in [-0.3, -0.25) is 24.6 Å². The molecule has 2 amide bonds. The van der Waals surface area contributed by atoms with Crippen molar-refractivity contribution >= 4 is 17.8 Å². The lowest BCUT2D eigenvalue weighted by molar-refractivity contribution is -0.153. The molecule has 0 bridgehead atoms. The molecule has 9 heteroatoms. The number of ether oxygens (including phenoxy) is 1. The van der Waals surface area contributed by atoms with Crippen LogP contribution in [0.5, 0.6) is 0 Å². The number of carboxylic acids is 1. The number of benzene rings is 1. The molecule has 3 rings (SSSR count). The molecule has 3 N–H and O–H groups in total. The first-order valence-corrected chi connectivity index (χ1v) is 9.46. The van der Waals surface area contributed by atoms with E-state index in [0.29, 0.717) is 12.2 Å². The van der Waals surface area contributed by atoms with Gasteiger partial charge in [0, 0.05) is 12.6 Å². The fourth-order valence-corrected chi connectivity index (χ4v) is 4.23. The van der Waals surface area contributed by atoms with Gasteiger partial charge in [-0.1, -0.05) is 25.1 Å². The van der Waals surface area contributed by atoms with Gasteiger partial charge in [-0.15, -0.1) is 0 Å². The summed E-state index contributed by atoms with van der Waals surface area (Å²) < 4.78 is 5.37. The Morgan fingerprint density at radius 1 is 1.31 bits per heavy atom. The van der Waals surface area contributed by atoms with Gasteiger partial charge in [-0.2, -0.15) is 5.26 Å². The summed E-state index contributed by atoms with van der Waals surface area (Å²) in [6.45, 7) is 1.71. The highest BCUT2D eigenvalue weighted by molar-refractivity contribution is 6.09. The summed E-state index contributed by atoms with van der Waals surface area (Å²) in [5, 5.41) is 32.0. The maximum atomic E-state index is 13.1. The van der Waals surface area contributed by atoms with E-state index in [1.807, 2.05) is 13.0 Å². The fourth-order valence-electron chi connectivity index (χ4n) is 4.23. The first kappa shape index (κ1) is 20.9. The molecule has 154 valence electrons. The van der Waals surface area contributed by atoms with E-state index in [0.717, 1.165) is 11.3 Å². The normalized spacial score (nSPS) is 28.4. The van der Waals surface area contributed by atoms with Crippen LogP contribution in [-0.2, 0) is 19.1 Å². The second kappa shape index (κ2) is 8.29. The molecule has 2 aliphatic heterocycles. The number of carbonyl (C=O) groups is 3. The Morgan fingerprint density at radius 3 is 2.66 bits per heavy atom. The Morgan fingerprint density at radius 2 is 2.03 bits per heavy atom. The monoisotopic (exact) mass is 401 g/mol. The summed E-state index contributed by atoms with van der Waals surface area (Å²) >= 11 is 0. The molecule has 4 unspecified atom stereocenters. The average Bonchev–Trinajstić information content (AvgIpc) is 3.20. The Kier molecular flexibility index (Phi) is 5.98. The number of aliphatic hydroxyl groups excluding tert-OH is 1. The number of likely N-dealkylation sites (tertiary alicyclic amines) is 1. The molecule has 0 spiro atoms. The highest BCUT2D eigenvalue weighted by Crippen LogP contribution is 2.49. The van der Waals surface area contributed by atoms with Gasteiger partial charge >= 0.3 is 5.97 Å². The number of imide groups is 1. The van der Waals surface area contributed by atoms with Crippen molar-refractivity contribution in [3.8, 4) is 6.07 Å². The number of nitrogens with zero attached hydrogens (tertiary/aromatic N) is 2.